The molecule has 5 rings (SSSR count). The second kappa shape index (κ2) is 9.33. The minimum Gasteiger partial charge on any atom is -0.391 e. The van der Waals surface area contributed by atoms with Crippen LogP contribution in [-0.2, 0) is 4.79 Å². The Hall–Kier alpha value is -3.41. The number of anilines is 3. The molecule has 0 radical (unpaired) electrons. The van der Waals surface area contributed by atoms with E-state index in [0.717, 1.165) is 25.0 Å². The molecule has 2 heterocycles. The zero-order chi connectivity index (χ0) is 24.7. The van der Waals surface area contributed by atoms with Gasteiger partial charge in [0.25, 0.3) is 0 Å². The highest BCUT2D eigenvalue weighted by Crippen LogP contribution is 2.37. The van der Waals surface area contributed by atoms with Crippen LogP contribution in [0.2, 0.25) is 0 Å². The number of nitrogens with one attached hydrogen (secondary N) is 2. The fourth-order valence-electron chi connectivity index (χ4n) is 5.03. The monoisotopic (exact) mass is 489 g/mol. The number of hydrogen-bond acceptors (Lipinski definition) is 7. The highest BCUT2D eigenvalue weighted by Gasteiger charge is 2.30. The number of primary amides is 1. The van der Waals surface area contributed by atoms with Crippen LogP contribution in [0.3, 0.4) is 0 Å². The molecule has 2 saturated carbocycles. The van der Waals surface area contributed by atoms with Crippen molar-refractivity contribution in [2.24, 2.45) is 11.7 Å². The number of halogens is 3. The van der Waals surface area contributed by atoms with E-state index < -0.39 is 23.6 Å². The Morgan fingerprint density at radius 1 is 1.06 bits per heavy atom. The third-order valence-electron chi connectivity index (χ3n) is 6.97. The molecule has 0 bridgehead atoms. The highest BCUT2D eigenvalue weighted by atomic mass is 19.2. The molecule has 2 aliphatic rings. The minimum absolute atomic E-state index is 0.147. The number of imidazole rings is 1. The van der Waals surface area contributed by atoms with Crippen LogP contribution in [-0.4, -0.2) is 42.7 Å². The standard InChI is InChI=1S/C23H26F3N7O2/c24-13-8-9-15(19(26)18(13)25)30-23-31-16-10-28-22(29-14-2-1-3-17(14)34)32-21(16)33(23)12-6-4-11(5-7-12)20(27)35/h8-12,14,17,34H,1-7H2,(H2,27,35)(H,30,31)(H,28,29,32)/t11?,12?,14-,17-/m1/s1. The summed E-state index contributed by atoms with van der Waals surface area (Å²) in [6.07, 6.45) is 5.77. The van der Waals surface area contributed by atoms with Crippen molar-refractivity contribution in [1.82, 2.24) is 19.5 Å². The van der Waals surface area contributed by atoms with Gasteiger partial charge in [-0.3, -0.25) is 9.36 Å². The van der Waals surface area contributed by atoms with Crippen molar-refractivity contribution in [3.63, 3.8) is 0 Å². The number of nitrogens with two attached hydrogens (primary N) is 1. The van der Waals surface area contributed by atoms with Crippen molar-refractivity contribution < 1.29 is 23.1 Å². The molecule has 0 spiro atoms. The molecular weight excluding hydrogens is 463 g/mol. The minimum atomic E-state index is -1.58. The number of carbonyl (C=O) groups excluding carboxylic acids is 1. The van der Waals surface area contributed by atoms with Crippen molar-refractivity contribution in [3.8, 4) is 0 Å². The van der Waals surface area contributed by atoms with E-state index in [1.807, 2.05) is 0 Å². The summed E-state index contributed by atoms with van der Waals surface area (Å²) in [7, 11) is 0. The first-order valence-corrected chi connectivity index (χ1v) is 11.7. The molecule has 186 valence electrons. The van der Waals surface area contributed by atoms with E-state index >= 15 is 0 Å². The number of hydrogen-bond donors (Lipinski definition) is 4. The van der Waals surface area contributed by atoms with Crippen molar-refractivity contribution in [2.75, 3.05) is 10.6 Å². The van der Waals surface area contributed by atoms with Gasteiger partial charge in [-0.25, -0.2) is 23.1 Å². The van der Waals surface area contributed by atoms with E-state index in [2.05, 4.69) is 25.6 Å². The molecule has 2 aromatic heterocycles. The second-order valence-corrected chi connectivity index (χ2v) is 9.21. The van der Waals surface area contributed by atoms with Crippen molar-refractivity contribution in [2.45, 2.75) is 63.1 Å². The van der Waals surface area contributed by atoms with Gasteiger partial charge in [0.1, 0.15) is 5.52 Å². The molecule has 0 aliphatic heterocycles. The summed E-state index contributed by atoms with van der Waals surface area (Å²) in [4.78, 5) is 25.1. The lowest BCUT2D eigenvalue weighted by Gasteiger charge is -2.29. The molecule has 1 amide bonds. The van der Waals surface area contributed by atoms with Gasteiger partial charge < -0.3 is 21.5 Å². The molecule has 5 N–H and O–H groups in total. The maximum atomic E-state index is 14.4. The molecule has 35 heavy (non-hydrogen) atoms. The van der Waals surface area contributed by atoms with Crippen molar-refractivity contribution in [3.05, 3.63) is 35.8 Å². The first kappa shape index (κ1) is 23.3. The SMILES string of the molecule is NC(=O)C1CCC(n2c(Nc3ccc(F)c(F)c3F)nc3cnc(N[C@@H]4CCC[C@H]4O)nc32)CC1. The number of fused-ring (bicyclic) bond motifs is 1. The lowest BCUT2D eigenvalue weighted by molar-refractivity contribution is -0.122. The van der Waals surface area contributed by atoms with Gasteiger partial charge in [-0.2, -0.15) is 4.98 Å². The molecular formula is C23H26F3N7O2. The van der Waals surface area contributed by atoms with Crippen LogP contribution in [0.1, 0.15) is 51.0 Å². The van der Waals surface area contributed by atoms with Crippen LogP contribution < -0.4 is 16.4 Å². The van der Waals surface area contributed by atoms with Crippen LogP contribution >= 0.6 is 0 Å². The first-order valence-electron chi connectivity index (χ1n) is 11.7. The van der Waals surface area contributed by atoms with Crippen LogP contribution in [0.5, 0.6) is 0 Å². The normalized spacial score (nSPS) is 24.6. The van der Waals surface area contributed by atoms with Crippen LogP contribution in [0, 0.1) is 23.4 Å². The van der Waals surface area contributed by atoms with E-state index in [1.54, 1.807) is 4.57 Å². The molecule has 1 aromatic carbocycles. The van der Waals surface area contributed by atoms with Crippen LogP contribution in [0.4, 0.5) is 30.8 Å². The van der Waals surface area contributed by atoms with Gasteiger partial charge in [0.05, 0.1) is 24.0 Å². The Morgan fingerprint density at radius 2 is 1.83 bits per heavy atom. The first-order chi connectivity index (χ1) is 16.8. The predicted octanol–water partition coefficient (Wildman–Crippen LogP) is 3.53. The van der Waals surface area contributed by atoms with Crippen molar-refractivity contribution >= 4 is 34.7 Å². The lowest BCUT2D eigenvalue weighted by atomic mass is 9.85. The molecule has 3 aromatic rings. The average molecular weight is 490 g/mol. The fourth-order valence-corrected chi connectivity index (χ4v) is 5.03. The summed E-state index contributed by atoms with van der Waals surface area (Å²) in [5.74, 6) is -4.28. The van der Waals surface area contributed by atoms with Gasteiger partial charge in [-0.05, 0) is 57.1 Å². The third kappa shape index (κ3) is 4.49. The number of aliphatic hydroxyl groups excluding tert-OH is 1. The number of carbonyl (C=O) groups is 1. The Labute approximate surface area is 199 Å². The van der Waals surface area contributed by atoms with Gasteiger partial charge in [-0.1, -0.05) is 0 Å². The van der Waals surface area contributed by atoms with Crippen LogP contribution in [0.15, 0.2) is 18.3 Å². The zero-order valence-electron chi connectivity index (χ0n) is 18.8. The maximum absolute atomic E-state index is 14.4. The Kier molecular flexibility index (Phi) is 6.22. The van der Waals surface area contributed by atoms with E-state index in [1.165, 1.54) is 6.20 Å². The molecule has 2 aliphatic carbocycles. The number of rotatable bonds is 6. The maximum Gasteiger partial charge on any atom is 0.225 e. The second-order valence-electron chi connectivity index (χ2n) is 9.21. The van der Waals surface area contributed by atoms with Gasteiger partial charge in [0, 0.05) is 12.0 Å². The number of amides is 1. The average Bonchev–Trinajstić information content (AvgIpc) is 3.41. The van der Waals surface area contributed by atoms with Crippen LogP contribution in [0.25, 0.3) is 11.2 Å². The largest absolute Gasteiger partial charge is 0.391 e. The Balaban J connectivity index is 1.53. The van der Waals surface area contributed by atoms with Gasteiger partial charge >= 0.3 is 0 Å². The van der Waals surface area contributed by atoms with E-state index in [-0.39, 0.29) is 35.5 Å². The van der Waals surface area contributed by atoms with Gasteiger partial charge in [-0.15, -0.1) is 0 Å². The van der Waals surface area contributed by atoms with Gasteiger partial charge in [0.15, 0.2) is 23.1 Å². The summed E-state index contributed by atoms with van der Waals surface area (Å²) < 4.78 is 43.5. The topological polar surface area (TPSA) is 131 Å². The molecule has 0 saturated heterocycles. The molecule has 2 atom stereocenters. The lowest BCUT2D eigenvalue weighted by Crippen LogP contribution is -2.29. The van der Waals surface area contributed by atoms with E-state index in [4.69, 9.17) is 5.73 Å². The Bertz CT molecular complexity index is 1260. The molecule has 0 unspecified atom stereocenters. The highest BCUT2D eigenvalue weighted by molar-refractivity contribution is 5.78. The molecule has 9 nitrogen and oxygen atoms in total. The summed E-state index contributed by atoms with van der Waals surface area (Å²) in [6.45, 7) is 0. The van der Waals surface area contributed by atoms with Crippen molar-refractivity contribution in [1.29, 1.82) is 0 Å². The number of nitrogens with zero attached hydrogens (tertiary/aromatic N) is 4. The summed E-state index contributed by atoms with van der Waals surface area (Å²) in [5.41, 5.74) is 6.09. The number of aliphatic hydroxyl groups is 1. The van der Waals surface area contributed by atoms with E-state index in [0.29, 0.717) is 49.2 Å². The summed E-state index contributed by atoms with van der Waals surface area (Å²) >= 11 is 0. The Morgan fingerprint density at radius 3 is 2.51 bits per heavy atom. The number of aromatic nitrogens is 4. The fraction of sp³-hybridized carbons (Fsp3) is 0.478. The molecule has 12 heteroatoms. The van der Waals surface area contributed by atoms with E-state index in [9.17, 15) is 23.1 Å². The zero-order valence-corrected chi connectivity index (χ0v) is 18.8. The quantitative estimate of drug-likeness (QED) is 0.390. The summed E-state index contributed by atoms with van der Waals surface area (Å²) in [6, 6.07) is 1.62. The molecule has 2 fully saturated rings. The predicted molar refractivity (Wildman–Crippen MR) is 122 cm³/mol. The number of benzene rings is 1. The third-order valence-corrected chi connectivity index (χ3v) is 6.97. The smallest absolute Gasteiger partial charge is 0.225 e. The summed E-state index contributed by atoms with van der Waals surface area (Å²) in [5, 5.41) is 16.1. The van der Waals surface area contributed by atoms with Gasteiger partial charge in [0.2, 0.25) is 17.8 Å².